The molecule has 0 radical (unpaired) electrons. The lowest BCUT2D eigenvalue weighted by Crippen LogP contribution is -2.42. The lowest BCUT2D eigenvalue weighted by Gasteiger charge is -2.18. The molecule has 0 amide bonds. The van der Waals surface area contributed by atoms with E-state index < -0.39 is 36.4 Å². The van der Waals surface area contributed by atoms with Crippen molar-refractivity contribution in [3.63, 3.8) is 0 Å². The van der Waals surface area contributed by atoms with Crippen molar-refractivity contribution in [1.29, 1.82) is 0 Å². The van der Waals surface area contributed by atoms with Crippen molar-refractivity contribution in [2.24, 2.45) is 0 Å². The molecule has 10 nitrogen and oxygen atoms in total. The Labute approximate surface area is 154 Å². The van der Waals surface area contributed by atoms with Crippen LogP contribution in [0.1, 0.15) is 43.0 Å². The first-order valence-corrected chi connectivity index (χ1v) is 7.87. The zero-order valence-electron chi connectivity index (χ0n) is 14.6. The Kier molecular flexibility index (Phi) is 10.1. The van der Waals surface area contributed by atoms with Crippen LogP contribution in [-0.4, -0.2) is 61.6 Å². The fourth-order valence-electron chi connectivity index (χ4n) is 1.70. The van der Waals surface area contributed by atoms with Crippen LogP contribution in [0.5, 0.6) is 5.75 Å². The van der Waals surface area contributed by atoms with E-state index in [9.17, 15) is 19.2 Å². The third-order valence-electron chi connectivity index (χ3n) is 3.12. The van der Waals surface area contributed by atoms with Gasteiger partial charge in [0.15, 0.2) is 5.60 Å². The van der Waals surface area contributed by atoms with Crippen molar-refractivity contribution in [2.75, 3.05) is 6.61 Å². The quantitative estimate of drug-likeness (QED) is 0.305. The largest absolute Gasteiger partial charge is 0.508 e. The van der Waals surface area contributed by atoms with Crippen LogP contribution in [0, 0.1) is 0 Å². The number of phenols is 1. The molecule has 0 aromatic heterocycles. The molecule has 1 aromatic carbocycles. The predicted octanol–water partition coefficient (Wildman–Crippen LogP) is 1.10. The lowest BCUT2D eigenvalue weighted by atomic mass is 9.96. The average molecular weight is 386 g/mol. The van der Waals surface area contributed by atoms with Gasteiger partial charge < -0.3 is 30.3 Å². The maximum atomic E-state index is 11.3. The number of carboxylic acids is 3. The number of esters is 1. The molecule has 0 saturated carbocycles. The number of phenolic OH excluding ortho intramolecular Hbond substituents is 1. The Bertz CT molecular complexity index is 634. The summed E-state index contributed by atoms with van der Waals surface area (Å²) in [5.41, 5.74) is -2.27. The summed E-state index contributed by atoms with van der Waals surface area (Å²) in [7, 11) is 0. The van der Waals surface area contributed by atoms with E-state index in [2.05, 4.69) is 0 Å². The third-order valence-corrected chi connectivity index (χ3v) is 3.12. The van der Waals surface area contributed by atoms with Crippen LogP contribution in [0.15, 0.2) is 24.3 Å². The number of hydrogen-bond acceptors (Lipinski definition) is 7. The van der Waals surface area contributed by atoms with Gasteiger partial charge in [-0.15, -0.1) is 0 Å². The second-order valence-electron chi connectivity index (χ2n) is 5.51. The Balaban J connectivity index is 0.000000503. The summed E-state index contributed by atoms with van der Waals surface area (Å²) in [6.45, 7) is 2.49. The van der Waals surface area contributed by atoms with Crippen LogP contribution in [-0.2, 0) is 19.1 Å². The number of carbonyl (C=O) groups excluding carboxylic acids is 1. The van der Waals surface area contributed by atoms with Crippen LogP contribution in [0.2, 0.25) is 0 Å². The van der Waals surface area contributed by atoms with E-state index in [-0.39, 0.29) is 11.7 Å². The average Bonchev–Trinajstić information content (AvgIpc) is 2.54. The van der Waals surface area contributed by atoms with Crippen molar-refractivity contribution >= 4 is 23.9 Å². The van der Waals surface area contributed by atoms with Crippen LogP contribution >= 0.6 is 0 Å². The molecule has 0 saturated heterocycles. The number of aromatic hydroxyl groups is 1. The monoisotopic (exact) mass is 386 g/mol. The molecule has 150 valence electrons. The number of carboxylic acid groups (broad SMARTS) is 3. The van der Waals surface area contributed by atoms with Gasteiger partial charge in [-0.05, 0) is 30.7 Å². The van der Waals surface area contributed by atoms with Gasteiger partial charge in [0, 0.05) is 0 Å². The zero-order valence-corrected chi connectivity index (χ0v) is 14.6. The number of unbranched alkanes of at least 4 members (excludes halogenated alkanes) is 1. The van der Waals surface area contributed by atoms with Gasteiger partial charge in [0.25, 0.3) is 0 Å². The maximum Gasteiger partial charge on any atom is 0.338 e. The number of aliphatic hydroxyl groups is 1. The molecule has 27 heavy (non-hydrogen) atoms. The van der Waals surface area contributed by atoms with Gasteiger partial charge in [-0.3, -0.25) is 9.59 Å². The van der Waals surface area contributed by atoms with E-state index >= 15 is 0 Å². The molecule has 0 fully saturated rings. The molecule has 0 unspecified atom stereocenters. The Morgan fingerprint density at radius 1 is 0.963 bits per heavy atom. The van der Waals surface area contributed by atoms with E-state index in [1.54, 1.807) is 12.1 Å². The zero-order chi connectivity index (χ0) is 21.0. The fraction of sp³-hybridized carbons (Fsp3) is 0.412. The molecule has 0 atom stereocenters. The van der Waals surface area contributed by atoms with Crippen LogP contribution in [0.4, 0.5) is 0 Å². The second kappa shape index (κ2) is 11.5. The minimum absolute atomic E-state index is 0.148. The van der Waals surface area contributed by atoms with Crippen molar-refractivity contribution < 1.29 is 49.4 Å². The first-order valence-electron chi connectivity index (χ1n) is 7.87. The standard InChI is InChI=1S/C11H14O3.C6H8O7/c1-2-3-8-14-11(13)9-4-6-10(12)7-5-9;7-3(8)1-6(13,5(11)12)2-4(9)10/h4-7,12H,2-3,8H2,1H3;13H,1-2H2,(H,7,8)(H,9,10)(H,11,12). The minimum Gasteiger partial charge on any atom is -0.508 e. The molecule has 5 N–H and O–H groups in total. The van der Waals surface area contributed by atoms with E-state index in [1.807, 2.05) is 6.92 Å². The molecule has 0 aliphatic heterocycles. The number of benzene rings is 1. The van der Waals surface area contributed by atoms with Gasteiger partial charge in [0.05, 0.1) is 25.0 Å². The molecule has 1 aromatic rings. The van der Waals surface area contributed by atoms with Crippen LogP contribution in [0.25, 0.3) is 0 Å². The lowest BCUT2D eigenvalue weighted by molar-refractivity contribution is -0.170. The number of aliphatic carboxylic acids is 3. The molecule has 0 aliphatic rings. The highest BCUT2D eigenvalue weighted by molar-refractivity contribution is 5.89. The minimum atomic E-state index is -2.74. The molecule has 0 spiro atoms. The molecular weight excluding hydrogens is 364 g/mol. The smallest absolute Gasteiger partial charge is 0.338 e. The van der Waals surface area contributed by atoms with Crippen molar-refractivity contribution in [1.82, 2.24) is 0 Å². The summed E-state index contributed by atoms with van der Waals surface area (Å²) in [5, 5.41) is 42.8. The van der Waals surface area contributed by atoms with E-state index in [1.165, 1.54) is 12.1 Å². The molecule has 10 heteroatoms. The van der Waals surface area contributed by atoms with Gasteiger partial charge in [0.2, 0.25) is 0 Å². The molecule has 1 rings (SSSR count). The van der Waals surface area contributed by atoms with Gasteiger partial charge in [0.1, 0.15) is 5.75 Å². The molecular formula is C17H22O10. The number of ether oxygens (including phenoxy) is 1. The summed E-state index contributed by atoms with van der Waals surface area (Å²) in [4.78, 5) is 41.8. The first-order chi connectivity index (χ1) is 12.5. The van der Waals surface area contributed by atoms with Crippen LogP contribution < -0.4 is 0 Å². The number of hydrogen-bond donors (Lipinski definition) is 5. The fourth-order valence-corrected chi connectivity index (χ4v) is 1.70. The number of carbonyl (C=O) groups is 4. The highest BCUT2D eigenvalue weighted by Crippen LogP contribution is 2.15. The Morgan fingerprint density at radius 2 is 1.44 bits per heavy atom. The SMILES string of the molecule is CCCCOC(=O)c1ccc(O)cc1.O=C(O)CC(O)(CC(=O)O)C(=O)O. The van der Waals surface area contributed by atoms with Gasteiger partial charge in [-0.1, -0.05) is 13.3 Å². The van der Waals surface area contributed by atoms with E-state index in [4.69, 9.17) is 30.3 Å². The van der Waals surface area contributed by atoms with Crippen molar-refractivity contribution in [2.45, 2.75) is 38.2 Å². The van der Waals surface area contributed by atoms with Crippen LogP contribution in [0.3, 0.4) is 0 Å². The highest BCUT2D eigenvalue weighted by Gasteiger charge is 2.40. The molecule has 0 heterocycles. The topological polar surface area (TPSA) is 179 Å². The summed E-state index contributed by atoms with van der Waals surface area (Å²) in [6, 6.07) is 6.03. The highest BCUT2D eigenvalue weighted by atomic mass is 16.5. The Hall–Kier alpha value is -3.14. The molecule has 0 aliphatic carbocycles. The molecule has 0 bridgehead atoms. The second-order valence-corrected chi connectivity index (χ2v) is 5.51. The summed E-state index contributed by atoms with van der Waals surface area (Å²) in [5.74, 6) is -5.21. The number of rotatable bonds is 9. The normalized spacial score (nSPS) is 10.3. The van der Waals surface area contributed by atoms with Crippen molar-refractivity contribution in [3.05, 3.63) is 29.8 Å². The summed E-state index contributed by atoms with van der Waals surface area (Å²) >= 11 is 0. The van der Waals surface area contributed by atoms with Gasteiger partial charge in [-0.25, -0.2) is 9.59 Å². The predicted molar refractivity (Wildman–Crippen MR) is 90.4 cm³/mol. The summed E-state index contributed by atoms with van der Waals surface area (Å²) < 4.78 is 4.99. The third kappa shape index (κ3) is 9.80. The van der Waals surface area contributed by atoms with Gasteiger partial charge in [-0.2, -0.15) is 0 Å². The van der Waals surface area contributed by atoms with Gasteiger partial charge >= 0.3 is 23.9 Å². The van der Waals surface area contributed by atoms with Crippen molar-refractivity contribution in [3.8, 4) is 5.75 Å². The maximum absolute atomic E-state index is 11.3. The van der Waals surface area contributed by atoms with E-state index in [0.29, 0.717) is 12.2 Å². The first kappa shape index (κ1) is 23.9. The van der Waals surface area contributed by atoms with E-state index in [0.717, 1.165) is 12.8 Å². The Morgan fingerprint density at radius 3 is 1.81 bits per heavy atom. The summed E-state index contributed by atoms with van der Waals surface area (Å²) in [6.07, 6.45) is -0.407.